The Balaban J connectivity index is 2.26. The molecule has 3 rings (SSSR count). The van der Waals surface area contributed by atoms with Crippen LogP contribution in [0.1, 0.15) is 37.9 Å². The number of aliphatic hydroxyl groups is 2. The highest BCUT2D eigenvalue weighted by atomic mass is 19.1. The number of rotatable bonds is 5. The summed E-state index contributed by atoms with van der Waals surface area (Å²) in [6, 6.07) is 6.07. The number of halogens is 3. The van der Waals surface area contributed by atoms with E-state index in [4.69, 9.17) is 5.73 Å². The van der Waals surface area contributed by atoms with Crippen LogP contribution >= 0.6 is 0 Å². The molecule has 1 heterocycles. The molecule has 26 heavy (non-hydrogen) atoms. The summed E-state index contributed by atoms with van der Waals surface area (Å²) in [5.74, 6) is -1.33. The fourth-order valence-electron chi connectivity index (χ4n) is 3.03. The molecule has 0 spiro atoms. The van der Waals surface area contributed by atoms with Crippen molar-refractivity contribution < 1.29 is 23.4 Å². The van der Waals surface area contributed by atoms with Crippen LogP contribution in [0.15, 0.2) is 30.3 Å². The summed E-state index contributed by atoms with van der Waals surface area (Å²) >= 11 is 0. The molecule has 2 aromatic rings. The van der Waals surface area contributed by atoms with Gasteiger partial charge in [-0.3, -0.25) is 0 Å². The van der Waals surface area contributed by atoms with E-state index in [1.807, 2.05) is 0 Å². The molecule has 1 aliphatic rings. The average molecular weight is 366 g/mol. The molecule has 0 saturated heterocycles. The number of nitrogens with zero attached hydrogens (tertiary/aromatic N) is 1. The molecule has 1 aromatic carbocycles. The van der Waals surface area contributed by atoms with Crippen LogP contribution in [0.2, 0.25) is 0 Å². The summed E-state index contributed by atoms with van der Waals surface area (Å²) in [6.45, 7) is 2.29. The minimum Gasteiger partial charge on any atom is -0.386 e. The summed E-state index contributed by atoms with van der Waals surface area (Å²) < 4.78 is 43.0. The van der Waals surface area contributed by atoms with Gasteiger partial charge < -0.3 is 15.9 Å². The van der Waals surface area contributed by atoms with E-state index in [2.05, 4.69) is 4.98 Å². The number of aromatic nitrogens is 1. The quantitative estimate of drug-likeness (QED) is 0.760. The molecule has 1 aliphatic carbocycles. The van der Waals surface area contributed by atoms with Crippen molar-refractivity contribution in [3.05, 3.63) is 53.2 Å². The van der Waals surface area contributed by atoms with Gasteiger partial charge in [0.05, 0.1) is 11.3 Å². The van der Waals surface area contributed by atoms with E-state index in [1.165, 1.54) is 26.0 Å². The van der Waals surface area contributed by atoms with Gasteiger partial charge >= 0.3 is 0 Å². The first kappa shape index (κ1) is 18.8. The Labute approximate surface area is 149 Å². The number of nitrogens with two attached hydrogens (primary N) is 1. The van der Waals surface area contributed by atoms with E-state index in [0.29, 0.717) is 0 Å². The van der Waals surface area contributed by atoms with E-state index in [-0.39, 0.29) is 35.4 Å². The van der Waals surface area contributed by atoms with Crippen LogP contribution in [-0.2, 0) is 11.2 Å². The van der Waals surface area contributed by atoms with Crippen LogP contribution in [-0.4, -0.2) is 27.4 Å². The van der Waals surface area contributed by atoms with E-state index in [9.17, 15) is 19.0 Å². The fraction of sp³-hybridized carbons (Fsp3) is 0.421. The molecule has 0 bridgehead atoms. The third-order valence-electron chi connectivity index (χ3n) is 4.88. The van der Waals surface area contributed by atoms with Crippen LogP contribution in [0.25, 0.3) is 11.3 Å². The molecule has 7 heteroatoms. The summed E-state index contributed by atoms with van der Waals surface area (Å²) in [5.41, 5.74) is -0.306. The Bertz CT molecular complexity index is 830. The van der Waals surface area contributed by atoms with Crippen LogP contribution in [0.5, 0.6) is 0 Å². The molecule has 0 aliphatic heterocycles. The van der Waals surface area contributed by atoms with Crippen LogP contribution < -0.4 is 5.73 Å². The zero-order valence-electron chi connectivity index (χ0n) is 14.6. The molecule has 4 nitrogen and oxygen atoms in total. The molecule has 1 fully saturated rings. The van der Waals surface area contributed by atoms with Gasteiger partial charge in [0.2, 0.25) is 0 Å². The van der Waals surface area contributed by atoms with Gasteiger partial charge in [0, 0.05) is 17.7 Å². The Morgan fingerprint density at radius 3 is 2.19 bits per heavy atom. The first-order valence-electron chi connectivity index (χ1n) is 8.33. The lowest BCUT2D eigenvalue weighted by Gasteiger charge is -2.32. The molecular weight excluding hydrogens is 345 g/mol. The fourth-order valence-corrected chi connectivity index (χ4v) is 3.03. The molecule has 0 radical (unpaired) electrons. The maximum Gasteiger partial charge on any atom is 0.155 e. The third kappa shape index (κ3) is 3.00. The number of hydrogen-bond acceptors (Lipinski definition) is 4. The first-order valence-corrected chi connectivity index (χ1v) is 8.33. The smallest absolute Gasteiger partial charge is 0.155 e. The van der Waals surface area contributed by atoms with Gasteiger partial charge in [0.1, 0.15) is 17.2 Å². The van der Waals surface area contributed by atoms with Crippen molar-refractivity contribution in [1.29, 1.82) is 0 Å². The normalized spacial score (nSPS) is 18.5. The summed E-state index contributed by atoms with van der Waals surface area (Å²) in [5, 5.41) is 21.2. The molecule has 1 saturated carbocycles. The van der Waals surface area contributed by atoms with Gasteiger partial charge in [-0.15, -0.1) is 0 Å². The van der Waals surface area contributed by atoms with Gasteiger partial charge in [-0.25, -0.2) is 18.2 Å². The van der Waals surface area contributed by atoms with Crippen molar-refractivity contribution in [2.45, 2.75) is 43.6 Å². The zero-order chi connectivity index (χ0) is 19.3. The number of hydrogen-bond donors (Lipinski definition) is 3. The lowest BCUT2D eigenvalue weighted by molar-refractivity contribution is -0.0520. The monoisotopic (exact) mass is 366 g/mol. The van der Waals surface area contributed by atoms with Crippen LogP contribution in [0, 0.1) is 11.6 Å². The van der Waals surface area contributed by atoms with E-state index < -0.39 is 35.1 Å². The van der Waals surface area contributed by atoms with Gasteiger partial charge in [-0.05, 0) is 57.0 Å². The van der Waals surface area contributed by atoms with Gasteiger partial charge in [-0.1, -0.05) is 0 Å². The molecular formula is C19H21F3N2O2. The zero-order valence-corrected chi connectivity index (χ0v) is 14.6. The standard InChI is InChI=1S/C19H21F3N2O2/c1-17(2,25)13-9-14(19(26,10-23)18(22)7-8-18)24-16(15(13)21)11-3-5-12(20)6-4-11/h3-6,9,25-26H,7-8,10,23H2,1-2H3/t19-/m0/s1. The van der Waals surface area contributed by atoms with Crippen LogP contribution in [0.3, 0.4) is 0 Å². The second-order valence-corrected chi connectivity index (χ2v) is 7.31. The lowest BCUT2D eigenvalue weighted by Crippen LogP contribution is -2.46. The third-order valence-corrected chi connectivity index (χ3v) is 4.88. The first-order chi connectivity index (χ1) is 12.0. The predicted octanol–water partition coefficient (Wildman–Crippen LogP) is 2.90. The largest absolute Gasteiger partial charge is 0.386 e. The molecule has 140 valence electrons. The Hall–Kier alpha value is -1.96. The Kier molecular flexibility index (Phi) is 4.37. The Morgan fingerprint density at radius 1 is 1.15 bits per heavy atom. The summed E-state index contributed by atoms with van der Waals surface area (Å²) in [7, 11) is 0. The van der Waals surface area contributed by atoms with Gasteiger partial charge in [-0.2, -0.15) is 0 Å². The van der Waals surface area contributed by atoms with Crippen LogP contribution in [0.4, 0.5) is 13.2 Å². The van der Waals surface area contributed by atoms with E-state index in [1.54, 1.807) is 0 Å². The maximum absolute atomic E-state index is 15.0. The molecule has 1 atom stereocenters. The summed E-state index contributed by atoms with van der Waals surface area (Å²) in [6.07, 6.45) is 0.229. The highest BCUT2D eigenvalue weighted by molar-refractivity contribution is 5.62. The van der Waals surface area contributed by atoms with Crippen molar-refractivity contribution in [3.63, 3.8) is 0 Å². The topological polar surface area (TPSA) is 79.4 Å². The number of benzene rings is 1. The molecule has 0 unspecified atom stereocenters. The minimum atomic E-state index is -2.10. The van der Waals surface area contributed by atoms with Crippen molar-refractivity contribution in [1.82, 2.24) is 4.98 Å². The van der Waals surface area contributed by atoms with E-state index in [0.717, 1.165) is 18.2 Å². The lowest BCUT2D eigenvalue weighted by atomic mass is 9.87. The van der Waals surface area contributed by atoms with Crippen molar-refractivity contribution in [2.24, 2.45) is 5.73 Å². The van der Waals surface area contributed by atoms with Gasteiger partial charge in [0.25, 0.3) is 0 Å². The highest BCUT2D eigenvalue weighted by Crippen LogP contribution is 2.53. The SMILES string of the molecule is CC(C)(O)c1cc([C@@](O)(CN)C2(F)CC2)nc(-c2ccc(F)cc2)c1F. The molecule has 1 aromatic heterocycles. The molecule has 4 N–H and O–H groups in total. The Morgan fingerprint density at radius 2 is 1.73 bits per heavy atom. The summed E-state index contributed by atoms with van der Waals surface area (Å²) in [4.78, 5) is 4.12. The minimum absolute atomic E-state index is 0.115. The molecule has 0 amide bonds. The maximum atomic E-state index is 15.0. The van der Waals surface area contributed by atoms with Crippen molar-refractivity contribution in [2.75, 3.05) is 6.54 Å². The van der Waals surface area contributed by atoms with Crippen molar-refractivity contribution >= 4 is 0 Å². The number of alkyl halides is 1. The predicted molar refractivity (Wildman–Crippen MR) is 90.9 cm³/mol. The van der Waals surface area contributed by atoms with E-state index >= 15 is 4.39 Å². The van der Waals surface area contributed by atoms with Crippen molar-refractivity contribution in [3.8, 4) is 11.3 Å². The second-order valence-electron chi connectivity index (χ2n) is 7.31. The van der Waals surface area contributed by atoms with Gasteiger partial charge in [0.15, 0.2) is 11.4 Å². The second kappa shape index (κ2) is 6.04. The number of pyridine rings is 1. The average Bonchev–Trinajstić information content (AvgIpc) is 3.33. The highest BCUT2D eigenvalue weighted by Gasteiger charge is 2.61.